The molecule has 3 heteroatoms. The SMILES string of the molecule is OC[C@@H](C#CCN1CCCCC1)NCc1ccccc1. The zero-order valence-electron chi connectivity index (χ0n) is 12.0. The van der Waals surface area contributed by atoms with Crippen LogP contribution in [0.4, 0.5) is 0 Å². The highest BCUT2D eigenvalue weighted by atomic mass is 16.3. The van der Waals surface area contributed by atoms with Crippen molar-refractivity contribution in [1.29, 1.82) is 0 Å². The summed E-state index contributed by atoms with van der Waals surface area (Å²) in [5.74, 6) is 6.33. The molecule has 1 aliphatic rings. The first-order valence-electron chi connectivity index (χ1n) is 7.47. The maximum atomic E-state index is 9.36. The predicted molar refractivity (Wildman–Crippen MR) is 82.2 cm³/mol. The zero-order valence-corrected chi connectivity index (χ0v) is 12.0. The molecular weight excluding hydrogens is 248 g/mol. The van der Waals surface area contributed by atoms with Crippen LogP contribution in [0.15, 0.2) is 30.3 Å². The molecule has 0 saturated carbocycles. The molecule has 1 saturated heterocycles. The van der Waals surface area contributed by atoms with Gasteiger partial charge in [0.25, 0.3) is 0 Å². The van der Waals surface area contributed by atoms with E-state index in [-0.39, 0.29) is 12.6 Å². The molecule has 1 aliphatic heterocycles. The normalized spacial score (nSPS) is 17.2. The lowest BCUT2D eigenvalue weighted by Gasteiger charge is -2.23. The van der Waals surface area contributed by atoms with Gasteiger partial charge in [-0.2, -0.15) is 0 Å². The van der Waals surface area contributed by atoms with E-state index in [0.717, 1.165) is 26.2 Å². The summed E-state index contributed by atoms with van der Waals surface area (Å²) >= 11 is 0. The molecule has 108 valence electrons. The number of likely N-dealkylation sites (tertiary alicyclic amines) is 1. The summed E-state index contributed by atoms with van der Waals surface area (Å²) in [7, 11) is 0. The van der Waals surface area contributed by atoms with Crippen LogP contribution in [-0.4, -0.2) is 42.3 Å². The number of hydrogen-bond acceptors (Lipinski definition) is 3. The van der Waals surface area contributed by atoms with E-state index in [0.29, 0.717) is 0 Å². The van der Waals surface area contributed by atoms with Gasteiger partial charge in [0.15, 0.2) is 0 Å². The summed E-state index contributed by atoms with van der Waals surface area (Å²) in [6.07, 6.45) is 3.93. The predicted octanol–water partition coefficient (Wildman–Crippen LogP) is 1.63. The van der Waals surface area contributed by atoms with Gasteiger partial charge in [-0.1, -0.05) is 48.6 Å². The van der Waals surface area contributed by atoms with Crippen LogP contribution in [0.5, 0.6) is 0 Å². The van der Waals surface area contributed by atoms with E-state index in [1.807, 2.05) is 18.2 Å². The van der Waals surface area contributed by atoms with Gasteiger partial charge >= 0.3 is 0 Å². The maximum Gasteiger partial charge on any atom is 0.0926 e. The number of piperidine rings is 1. The fraction of sp³-hybridized carbons (Fsp3) is 0.529. The molecule has 1 fully saturated rings. The highest BCUT2D eigenvalue weighted by molar-refractivity contribution is 5.16. The molecule has 1 atom stereocenters. The molecule has 0 radical (unpaired) electrons. The van der Waals surface area contributed by atoms with Crippen LogP contribution < -0.4 is 5.32 Å². The molecular formula is C17H24N2O. The van der Waals surface area contributed by atoms with Crippen molar-refractivity contribution in [2.75, 3.05) is 26.2 Å². The molecule has 0 aliphatic carbocycles. The lowest BCUT2D eigenvalue weighted by molar-refractivity contribution is 0.254. The van der Waals surface area contributed by atoms with Crippen LogP contribution in [0.1, 0.15) is 24.8 Å². The van der Waals surface area contributed by atoms with Crippen LogP contribution in [0.2, 0.25) is 0 Å². The molecule has 2 N–H and O–H groups in total. The zero-order chi connectivity index (χ0) is 14.0. The Morgan fingerprint density at radius 1 is 1.15 bits per heavy atom. The smallest absolute Gasteiger partial charge is 0.0926 e. The average Bonchev–Trinajstić information content (AvgIpc) is 2.52. The van der Waals surface area contributed by atoms with Crippen molar-refractivity contribution < 1.29 is 5.11 Å². The van der Waals surface area contributed by atoms with E-state index in [1.54, 1.807) is 0 Å². The minimum atomic E-state index is -0.139. The van der Waals surface area contributed by atoms with Gasteiger partial charge in [0.1, 0.15) is 0 Å². The third-order valence-electron chi connectivity index (χ3n) is 3.61. The van der Waals surface area contributed by atoms with Gasteiger partial charge in [0.2, 0.25) is 0 Å². The van der Waals surface area contributed by atoms with E-state index in [4.69, 9.17) is 0 Å². The summed E-state index contributed by atoms with van der Waals surface area (Å²) in [6.45, 7) is 3.94. The number of rotatable bonds is 5. The molecule has 1 heterocycles. The Morgan fingerprint density at radius 3 is 2.60 bits per heavy atom. The van der Waals surface area contributed by atoms with Gasteiger partial charge in [0.05, 0.1) is 19.2 Å². The number of aliphatic hydroxyl groups excluding tert-OH is 1. The van der Waals surface area contributed by atoms with Gasteiger partial charge < -0.3 is 5.11 Å². The molecule has 0 amide bonds. The molecule has 0 unspecified atom stereocenters. The summed E-state index contributed by atoms with van der Waals surface area (Å²) in [5, 5.41) is 12.6. The third kappa shape index (κ3) is 5.34. The Balaban J connectivity index is 1.74. The van der Waals surface area contributed by atoms with Crippen molar-refractivity contribution >= 4 is 0 Å². The molecule has 1 aromatic carbocycles. The standard InChI is InChI=1S/C17H24N2O/c20-15-17(18-14-16-8-3-1-4-9-16)10-7-13-19-11-5-2-6-12-19/h1,3-4,8-9,17-18,20H,2,5-6,11-15H2/t17-/m1/s1. The summed E-state index contributed by atoms with van der Waals surface area (Å²) in [4.78, 5) is 2.39. The highest BCUT2D eigenvalue weighted by Gasteiger charge is 2.08. The van der Waals surface area contributed by atoms with Gasteiger partial charge in [-0.15, -0.1) is 0 Å². The van der Waals surface area contributed by atoms with Crippen LogP contribution in [-0.2, 0) is 6.54 Å². The van der Waals surface area contributed by atoms with Crippen LogP contribution in [0.25, 0.3) is 0 Å². The minimum Gasteiger partial charge on any atom is -0.394 e. The van der Waals surface area contributed by atoms with Gasteiger partial charge in [-0.05, 0) is 31.5 Å². The number of nitrogens with one attached hydrogen (secondary N) is 1. The maximum absolute atomic E-state index is 9.36. The first kappa shape index (κ1) is 15.1. The Labute approximate surface area is 122 Å². The first-order valence-corrected chi connectivity index (χ1v) is 7.47. The topological polar surface area (TPSA) is 35.5 Å². The molecule has 0 aromatic heterocycles. The summed E-state index contributed by atoms with van der Waals surface area (Å²) in [6, 6.07) is 10.1. The fourth-order valence-corrected chi connectivity index (χ4v) is 2.40. The van der Waals surface area contributed by atoms with E-state index in [1.165, 1.54) is 24.8 Å². The highest BCUT2D eigenvalue weighted by Crippen LogP contribution is 2.07. The third-order valence-corrected chi connectivity index (χ3v) is 3.61. The van der Waals surface area contributed by atoms with E-state index >= 15 is 0 Å². The number of nitrogens with zero attached hydrogens (tertiary/aromatic N) is 1. The Bertz CT molecular complexity index is 429. The Kier molecular flexibility index (Phi) is 6.59. The van der Waals surface area contributed by atoms with Crippen molar-refractivity contribution in [2.24, 2.45) is 0 Å². The van der Waals surface area contributed by atoms with Crippen molar-refractivity contribution in [1.82, 2.24) is 10.2 Å². The van der Waals surface area contributed by atoms with E-state index in [2.05, 4.69) is 34.2 Å². The van der Waals surface area contributed by atoms with Crippen molar-refractivity contribution in [3.05, 3.63) is 35.9 Å². The van der Waals surface area contributed by atoms with Crippen molar-refractivity contribution in [2.45, 2.75) is 31.8 Å². The Hall–Kier alpha value is -1.34. The van der Waals surface area contributed by atoms with Crippen molar-refractivity contribution in [3.63, 3.8) is 0 Å². The largest absolute Gasteiger partial charge is 0.394 e. The second kappa shape index (κ2) is 8.76. The second-order valence-corrected chi connectivity index (χ2v) is 5.26. The number of benzene rings is 1. The van der Waals surface area contributed by atoms with Crippen LogP contribution in [0, 0.1) is 11.8 Å². The monoisotopic (exact) mass is 272 g/mol. The minimum absolute atomic E-state index is 0.0554. The van der Waals surface area contributed by atoms with Crippen LogP contribution >= 0.6 is 0 Å². The van der Waals surface area contributed by atoms with E-state index in [9.17, 15) is 5.11 Å². The lowest BCUT2D eigenvalue weighted by Crippen LogP contribution is -2.32. The second-order valence-electron chi connectivity index (χ2n) is 5.26. The summed E-state index contributed by atoms with van der Waals surface area (Å²) < 4.78 is 0. The molecule has 2 rings (SSSR count). The lowest BCUT2D eigenvalue weighted by atomic mass is 10.1. The van der Waals surface area contributed by atoms with Crippen molar-refractivity contribution in [3.8, 4) is 11.8 Å². The van der Waals surface area contributed by atoms with E-state index < -0.39 is 0 Å². The quantitative estimate of drug-likeness (QED) is 0.800. The molecule has 0 bridgehead atoms. The van der Waals surface area contributed by atoms with Crippen LogP contribution in [0.3, 0.4) is 0 Å². The average molecular weight is 272 g/mol. The van der Waals surface area contributed by atoms with Gasteiger partial charge in [0, 0.05) is 6.54 Å². The molecule has 0 spiro atoms. The molecule has 1 aromatic rings. The molecule has 20 heavy (non-hydrogen) atoms. The first-order chi connectivity index (χ1) is 9.88. The molecule has 3 nitrogen and oxygen atoms in total. The number of hydrogen-bond donors (Lipinski definition) is 2. The van der Waals surface area contributed by atoms with Gasteiger partial charge in [-0.3, -0.25) is 10.2 Å². The Morgan fingerprint density at radius 2 is 1.90 bits per heavy atom. The fourth-order valence-electron chi connectivity index (χ4n) is 2.40. The summed E-state index contributed by atoms with van der Waals surface area (Å²) in [5.41, 5.74) is 1.21. The van der Waals surface area contributed by atoms with Gasteiger partial charge in [-0.25, -0.2) is 0 Å². The number of aliphatic hydroxyl groups is 1.